The van der Waals surface area contributed by atoms with Crippen molar-refractivity contribution in [3.8, 4) is 10.6 Å². The van der Waals surface area contributed by atoms with E-state index in [9.17, 15) is 4.79 Å². The van der Waals surface area contributed by atoms with Gasteiger partial charge in [0, 0.05) is 5.56 Å². The van der Waals surface area contributed by atoms with Gasteiger partial charge < -0.3 is 5.32 Å². The Morgan fingerprint density at radius 1 is 1.29 bits per heavy atom. The van der Waals surface area contributed by atoms with Gasteiger partial charge in [-0.3, -0.25) is 9.89 Å². The van der Waals surface area contributed by atoms with Crippen molar-refractivity contribution < 1.29 is 4.79 Å². The smallest absolute Gasteiger partial charge is 0.288 e. The van der Waals surface area contributed by atoms with Crippen molar-refractivity contribution in [2.24, 2.45) is 0 Å². The standard InChI is InChI=1S/C13H12N6OS/c1-8-15-11(18-16-8)12(20)14-7-10-17-19-13(21-10)9-5-3-2-4-6-9/h2-6H,7H2,1H3,(H,14,20)(H,15,16,18). The molecule has 0 radical (unpaired) electrons. The lowest BCUT2D eigenvalue weighted by molar-refractivity contribution is 0.0940. The highest BCUT2D eigenvalue weighted by atomic mass is 32.1. The highest BCUT2D eigenvalue weighted by molar-refractivity contribution is 7.14. The Balaban J connectivity index is 1.64. The third-order valence-electron chi connectivity index (χ3n) is 2.70. The summed E-state index contributed by atoms with van der Waals surface area (Å²) < 4.78 is 0. The maximum Gasteiger partial charge on any atom is 0.288 e. The van der Waals surface area contributed by atoms with E-state index in [1.54, 1.807) is 6.92 Å². The molecule has 0 fully saturated rings. The molecule has 2 aromatic heterocycles. The molecule has 0 aliphatic rings. The summed E-state index contributed by atoms with van der Waals surface area (Å²) in [4.78, 5) is 15.8. The Morgan fingerprint density at radius 3 is 2.81 bits per heavy atom. The Labute approximate surface area is 124 Å². The molecule has 0 saturated carbocycles. The summed E-state index contributed by atoms with van der Waals surface area (Å²) in [5.41, 5.74) is 1.01. The molecule has 2 N–H and O–H groups in total. The summed E-state index contributed by atoms with van der Waals surface area (Å²) in [6.07, 6.45) is 0. The van der Waals surface area contributed by atoms with Crippen LogP contribution in [0.2, 0.25) is 0 Å². The van der Waals surface area contributed by atoms with E-state index in [4.69, 9.17) is 0 Å². The Morgan fingerprint density at radius 2 is 2.10 bits per heavy atom. The lowest BCUT2D eigenvalue weighted by atomic mass is 10.2. The summed E-state index contributed by atoms with van der Waals surface area (Å²) in [6, 6.07) is 9.79. The number of carbonyl (C=O) groups is 1. The molecule has 0 bridgehead atoms. The molecule has 7 nitrogen and oxygen atoms in total. The molecule has 0 unspecified atom stereocenters. The van der Waals surface area contributed by atoms with Gasteiger partial charge in [0.25, 0.3) is 5.91 Å². The van der Waals surface area contributed by atoms with E-state index in [1.807, 2.05) is 30.3 Å². The quantitative estimate of drug-likeness (QED) is 0.762. The van der Waals surface area contributed by atoms with Crippen LogP contribution in [0.1, 0.15) is 21.5 Å². The molecule has 1 aromatic carbocycles. The first-order chi connectivity index (χ1) is 10.2. The second-order valence-corrected chi connectivity index (χ2v) is 5.34. The van der Waals surface area contributed by atoms with Crippen LogP contribution in [0.3, 0.4) is 0 Å². The molecule has 21 heavy (non-hydrogen) atoms. The largest absolute Gasteiger partial charge is 0.343 e. The molecule has 0 saturated heterocycles. The second-order valence-electron chi connectivity index (χ2n) is 4.28. The molecular formula is C13H12N6OS. The minimum Gasteiger partial charge on any atom is -0.343 e. The number of amides is 1. The summed E-state index contributed by atoms with van der Waals surface area (Å²) in [5.74, 6) is 0.412. The number of rotatable bonds is 4. The number of aromatic nitrogens is 5. The number of nitrogens with one attached hydrogen (secondary N) is 2. The second kappa shape index (κ2) is 5.80. The highest BCUT2D eigenvalue weighted by Crippen LogP contribution is 2.22. The van der Waals surface area contributed by atoms with Crippen LogP contribution in [0.25, 0.3) is 10.6 Å². The van der Waals surface area contributed by atoms with Gasteiger partial charge in [-0.15, -0.1) is 10.2 Å². The average Bonchev–Trinajstić information content (AvgIpc) is 3.15. The van der Waals surface area contributed by atoms with Crippen molar-refractivity contribution in [1.29, 1.82) is 0 Å². The molecule has 0 aliphatic heterocycles. The number of hydrogen-bond donors (Lipinski definition) is 2. The van der Waals surface area contributed by atoms with Crippen LogP contribution < -0.4 is 5.32 Å². The van der Waals surface area contributed by atoms with Crippen molar-refractivity contribution in [3.05, 3.63) is 47.0 Å². The molecule has 8 heteroatoms. The maximum absolute atomic E-state index is 11.8. The predicted molar refractivity (Wildman–Crippen MR) is 77.6 cm³/mol. The topological polar surface area (TPSA) is 96.5 Å². The summed E-state index contributed by atoms with van der Waals surface area (Å²) in [6.45, 7) is 2.02. The van der Waals surface area contributed by atoms with Crippen LogP contribution in [0.15, 0.2) is 30.3 Å². The Hall–Kier alpha value is -2.61. The number of carbonyl (C=O) groups excluding carboxylic acids is 1. The van der Waals surface area contributed by atoms with E-state index in [1.165, 1.54) is 11.3 Å². The molecule has 1 amide bonds. The zero-order valence-electron chi connectivity index (χ0n) is 11.2. The van der Waals surface area contributed by atoms with Crippen LogP contribution in [-0.4, -0.2) is 31.3 Å². The monoisotopic (exact) mass is 300 g/mol. The third kappa shape index (κ3) is 3.11. The van der Waals surface area contributed by atoms with Crippen LogP contribution in [0.5, 0.6) is 0 Å². The van der Waals surface area contributed by atoms with Gasteiger partial charge in [0.05, 0.1) is 6.54 Å². The zero-order valence-corrected chi connectivity index (χ0v) is 12.0. The summed E-state index contributed by atoms with van der Waals surface area (Å²) in [5, 5.41) is 18.9. The molecule has 0 aliphatic carbocycles. The van der Waals surface area contributed by atoms with Crippen LogP contribution in [0.4, 0.5) is 0 Å². The average molecular weight is 300 g/mol. The fourth-order valence-corrected chi connectivity index (χ4v) is 2.49. The SMILES string of the molecule is Cc1n[nH]c(C(=O)NCc2nnc(-c3ccccc3)s2)n1. The molecule has 3 aromatic rings. The first-order valence-electron chi connectivity index (χ1n) is 6.27. The summed E-state index contributed by atoms with van der Waals surface area (Å²) in [7, 11) is 0. The number of aryl methyl sites for hydroxylation is 1. The Bertz CT molecular complexity index is 751. The molecule has 0 atom stereocenters. The lowest BCUT2D eigenvalue weighted by Crippen LogP contribution is -2.24. The van der Waals surface area contributed by atoms with E-state index in [2.05, 4.69) is 30.7 Å². The number of aromatic amines is 1. The van der Waals surface area contributed by atoms with Gasteiger partial charge in [0.15, 0.2) is 0 Å². The number of hydrogen-bond acceptors (Lipinski definition) is 6. The zero-order chi connectivity index (χ0) is 14.7. The first kappa shape index (κ1) is 13.4. The molecule has 0 spiro atoms. The van der Waals surface area contributed by atoms with E-state index in [0.717, 1.165) is 15.6 Å². The molecule has 2 heterocycles. The highest BCUT2D eigenvalue weighted by Gasteiger charge is 2.12. The van der Waals surface area contributed by atoms with Crippen molar-refractivity contribution in [3.63, 3.8) is 0 Å². The minimum atomic E-state index is -0.313. The lowest BCUT2D eigenvalue weighted by Gasteiger charge is -1.98. The normalized spacial score (nSPS) is 10.5. The maximum atomic E-state index is 11.8. The fourth-order valence-electron chi connectivity index (χ4n) is 1.71. The van der Waals surface area contributed by atoms with Crippen molar-refractivity contribution in [2.45, 2.75) is 13.5 Å². The van der Waals surface area contributed by atoms with E-state index < -0.39 is 0 Å². The van der Waals surface area contributed by atoms with Crippen molar-refractivity contribution >= 4 is 17.2 Å². The van der Waals surface area contributed by atoms with Crippen LogP contribution >= 0.6 is 11.3 Å². The van der Waals surface area contributed by atoms with Gasteiger partial charge in [-0.2, -0.15) is 5.10 Å². The van der Waals surface area contributed by atoms with Crippen LogP contribution in [0, 0.1) is 6.92 Å². The van der Waals surface area contributed by atoms with Crippen LogP contribution in [-0.2, 0) is 6.54 Å². The molecule has 3 rings (SSSR count). The number of nitrogens with zero attached hydrogens (tertiary/aromatic N) is 4. The number of H-pyrrole nitrogens is 1. The fraction of sp³-hybridized carbons (Fsp3) is 0.154. The van der Waals surface area contributed by atoms with E-state index >= 15 is 0 Å². The molecular weight excluding hydrogens is 288 g/mol. The van der Waals surface area contributed by atoms with E-state index in [0.29, 0.717) is 12.4 Å². The van der Waals surface area contributed by atoms with Gasteiger partial charge in [-0.25, -0.2) is 4.98 Å². The van der Waals surface area contributed by atoms with Gasteiger partial charge in [-0.1, -0.05) is 41.7 Å². The van der Waals surface area contributed by atoms with Gasteiger partial charge in [0.2, 0.25) is 5.82 Å². The predicted octanol–water partition coefficient (Wildman–Crippen LogP) is 1.56. The van der Waals surface area contributed by atoms with E-state index in [-0.39, 0.29) is 11.7 Å². The van der Waals surface area contributed by atoms with Crippen molar-refractivity contribution in [1.82, 2.24) is 30.7 Å². The van der Waals surface area contributed by atoms with Gasteiger partial charge in [-0.05, 0) is 6.92 Å². The van der Waals surface area contributed by atoms with Gasteiger partial charge in [0.1, 0.15) is 15.8 Å². The van der Waals surface area contributed by atoms with Gasteiger partial charge >= 0.3 is 0 Å². The number of benzene rings is 1. The summed E-state index contributed by atoms with van der Waals surface area (Å²) >= 11 is 1.45. The third-order valence-corrected chi connectivity index (χ3v) is 3.67. The minimum absolute atomic E-state index is 0.195. The molecule has 106 valence electrons. The Kier molecular flexibility index (Phi) is 3.69. The first-order valence-corrected chi connectivity index (χ1v) is 7.09. The van der Waals surface area contributed by atoms with Crippen molar-refractivity contribution in [2.75, 3.05) is 0 Å².